The Morgan fingerprint density at radius 3 is 3.09 bits per heavy atom. The summed E-state index contributed by atoms with van der Waals surface area (Å²) in [6.45, 7) is 1.69. The molecule has 2 unspecified atom stereocenters. The van der Waals surface area contributed by atoms with Gasteiger partial charge in [0.05, 0.1) is 22.2 Å². The van der Waals surface area contributed by atoms with Gasteiger partial charge >= 0.3 is 0 Å². The number of pyridine rings is 1. The highest BCUT2D eigenvalue weighted by molar-refractivity contribution is 7.22. The summed E-state index contributed by atoms with van der Waals surface area (Å²) in [7, 11) is 0. The number of hydrogen-bond acceptors (Lipinski definition) is 7. The van der Waals surface area contributed by atoms with Crippen LogP contribution in [0, 0.1) is 23.2 Å². The summed E-state index contributed by atoms with van der Waals surface area (Å²) < 4.78 is 0.973. The summed E-state index contributed by atoms with van der Waals surface area (Å²) in [6, 6.07) is 4.27. The second-order valence-corrected chi connectivity index (χ2v) is 7.32. The molecule has 4 rings (SSSR count). The highest BCUT2D eigenvalue weighted by atomic mass is 32.1. The molecule has 7 heteroatoms. The zero-order valence-corrected chi connectivity index (χ0v) is 13.6. The number of piperidine rings is 1. The number of rotatable bonds is 4. The number of nitrogens with one attached hydrogen (secondary N) is 1. The van der Waals surface area contributed by atoms with Crippen molar-refractivity contribution >= 4 is 32.5 Å². The summed E-state index contributed by atoms with van der Waals surface area (Å²) in [4.78, 5) is 11.3. The standard InChI is InChI=1S/C16H19N5OS/c17-8-10-2-1-7-21(9-10)16-19-12-5-6-18-14(13(12)23-16)20-15(22)11-3-4-11/h5-6,10-11,15,22H,1-4,7,9H2,(H,18,20). The molecule has 2 atom stereocenters. The molecule has 2 aromatic rings. The molecular weight excluding hydrogens is 310 g/mol. The second-order valence-electron chi connectivity index (χ2n) is 6.35. The maximum Gasteiger partial charge on any atom is 0.186 e. The van der Waals surface area contributed by atoms with Crippen LogP contribution in [-0.4, -0.2) is 34.4 Å². The van der Waals surface area contributed by atoms with Gasteiger partial charge in [-0.1, -0.05) is 11.3 Å². The van der Waals surface area contributed by atoms with Crippen molar-refractivity contribution in [3.05, 3.63) is 12.3 Å². The average Bonchev–Trinajstić information content (AvgIpc) is 3.34. The monoisotopic (exact) mass is 329 g/mol. The van der Waals surface area contributed by atoms with Crippen LogP contribution in [0.25, 0.3) is 10.2 Å². The van der Waals surface area contributed by atoms with E-state index >= 15 is 0 Å². The highest BCUT2D eigenvalue weighted by Gasteiger charge is 2.30. The Balaban J connectivity index is 1.61. The van der Waals surface area contributed by atoms with Crippen molar-refractivity contribution in [1.29, 1.82) is 5.26 Å². The van der Waals surface area contributed by atoms with E-state index in [1.807, 2.05) is 6.07 Å². The summed E-state index contributed by atoms with van der Waals surface area (Å²) >= 11 is 1.59. The molecule has 1 aliphatic carbocycles. The molecule has 2 aliphatic rings. The zero-order valence-electron chi connectivity index (χ0n) is 12.8. The van der Waals surface area contributed by atoms with E-state index in [2.05, 4.69) is 21.3 Å². The van der Waals surface area contributed by atoms with Crippen LogP contribution in [0.3, 0.4) is 0 Å². The molecule has 0 amide bonds. The zero-order chi connectivity index (χ0) is 15.8. The molecule has 2 fully saturated rings. The van der Waals surface area contributed by atoms with Crippen molar-refractivity contribution in [2.75, 3.05) is 23.3 Å². The SMILES string of the molecule is N#CC1CCCN(c2nc3ccnc(NC(O)C4CC4)c3s2)C1. The van der Waals surface area contributed by atoms with Gasteiger partial charge in [-0.2, -0.15) is 5.26 Å². The Morgan fingerprint density at radius 1 is 1.43 bits per heavy atom. The van der Waals surface area contributed by atoms with Crippen molar-refractivity contribution in [3.63, 3.8) is 0 Å². The van der Waals surface area contributed by atoms with Crippen molar-refractivity contribution in [3.8, 4) is 6.07 Å². The Labute approximate surface area is 138 Å². The molecule has 2 aromatic heterocycles. The highest BCUT2D eigenvalue weighted by Crippen LogP contribution is 2.37. The molecule has 6 nitrogen and oxygen atoms in total. The predicted molar refractivity (Wildman–Crippen MR) is 90.3 cm³/mol. The summed E-state index contributed by atoms with van der Waals surface area (Å²) in [5, 5.41) is 23.3. The lowest BCUT2D eigenvalue weighted by molar-refractivity contribution is 0.180. The van der Waals surface area contributed by atoms with Gasteiger partial charge in [0, 0.05) is 25.2 Å². The number of nitrogens with zero attached hydrogens (tertiary/aromatic N) is 4. The van der Waals surface area contributed by atoms with Crippen molar-refractivity contribution in [2.24, 2.45) is 11.8 Å². The third kappa shape index (κ3) is 2.96. The fourth-order valence-electron chi connectivity index (χ4n) is 3.01. The third-order valence-electron chi connectivity index (χ3n) is 4.52. The Morgan fingerprint density at radius 2 is 2.30 bits per heavy atom. The smallest absolute Gasteiger partial charge is 0.186 e. The van der Waals surface area contributed by atoms with Gasteiger partial charge in [0.1, 0.15) is 12.0 Å². The molecule has 120 valence electrons. The van der Waals surface area contributed by atoms with E-state index in [4.69, 9.17) is 10.2 Å². The number of nitriles is 1. The number of hydrogen-bond donors (Lipinski definition) is 2. The topological polar surface area (TPSA) is 85.1 Å². The molecule has 0 radical (unpaired) electrons. The maximum absolute atomic E-state index is 10.1. The summed E-state index contributed by atoms with van der Waals surface area (Å²) in [5.74, 6) is 1.14. The largest absolute Gasteiger partial charge is 0.373 e. The first-order valence-corrected chi connectivity index (χ1v) is 8.91. The van der Waals surface area contributed by atoms with Crippen LogP contribution in [0.2, 0.25) is 0 Å². The first-order valence-electron chi connectivity index (χ1n) is 8.09. The molecular formula is C16H19N5OS. The first-order chi connectivity index (χ1) is 11.2. The van der Waals surface area contributed by atoms with Gasteiger partial charge in [-0.3, -0.25) is 0 Å². The number of aliphatic hydroxyl groups excluding tert-OH is 1. The van der Waals surface area contributed by atoms with Crippen LogP contribution < -0.4 is 10.2 Å². The molecule has 1 saturated heterocycles. The van der Waals surface area contributed by atoms with Crippen molar-refractivity contribution in [1.82, 2.24) is 9.97 Å². The number of anilines is 2. The van der Waals surface area contributed by atoms with Crippen LogP contribution in [0.5, 0.6) is 0 Å². The quantitative estimate of drug-likeness (QED) is 0.839. The second kappa shape index (κ2) is 5.95. The van der Waals surface area contributed by atoms with Gasteiger partial charge in [-0.15, -0.1) is 0 Å². The minimum absolute atomic E-state index is 0.0863. The van der Waals surface area contributed by atoms with Gasteiger partial charge in [0.25, 0.3) is 0 Å². The molecule has 1 saturated carbocycles. The van der Waals surface area contributed by atoms with E-state index in [-0.39, 0.29) is 5.92 Å². The van der Waals surface area contributed by atoms with Gasteiger partial charge in [0.2, 0.25) is 0 Å². The third-order valence-corrected chi connectivity index (χ3v) is 5.66. The van der Waals surface area contributed by atoms with Crippen LogP contribution >= 0.6 is 11.3 Å². The van der Waals surface area contributed by atoms with E-state index < -0.39 is 6.23 Å². The van der Waals surface area contributed by atoms with Gasteiger partial charge in [-0.05, 0) is 31.7 Å². The average molecular weight is 329 g/mol. The number of aromatic nitrogens is 2. The van der Waals surface area contributed by atoms with Gasteiger partial charge < -0.3 is 15.3 Å². The lowest BCUT2D eigenvalue weighted by Crippen LogP contribution is -2.34. The summed E-state index contributed by atoms with van der Waals surface area (Å²) in [5.41, 5.74) is 0.893. The van der Waals surface area contributed by atoms with Gasteiger partial charge in [-0.25, -0.2) is 9.97 Å². The van der Waals surface area contributed by atoms with Crippen molar-refractivity contribution < 1.29 is 5.11 Å². The van der Waals surface area contributed by atoms with E-state index in [1.54, 1.807) is 17.5 Å². The van der Waals surface area contributed by atoms with Crippen LogP contribution in [-0.2, 0) is 0 Å². The minimum atomic E-state index is -0.531. The Bertz CT molecular complexity index is 750. The van der Waals surface area contributed by atoms with E-state index in [1.165, 1.54) is 0 Å². The molecule has 0 bridgehead atoms. The molecule has 1 aliphatic heterocycles. The van der Waals surface area contributed by atoms with Gasteiger partial charge in [0.15, 0.2) is 5.13 Å². The first kappa shape index (κ1) is 14.7. The van der Waals surface area contributed by atoms with E-state index in [9.17, 15) is 5.11 Å². The van der Waals surface area contributed by atoms with E-state index in [0.29, 0.717) is 11.7 Å². The summed E-state index contributed by atoms with van der Waals surface area (Å²) in [6.07, 6.45) is 5.33. The predicted octanol–water partition coefficient (Wildman–Crippen LogP) is 2.57. The number of thiazole rings is 1. The normalized spacial score (nSPS) is 22.8. The molecule has 0 aromatic carbocycles. The van der Waals surface area contributed by atoms with Crippen LogP contribution in [0.4, 0.5) is 10.9 Å². The lowest BCUT2D eigenvalue weighted by atomic mass is 10.0. The number of aliphatic hydroxyl groups is 1. The molecule has 0 spiro atoms. The fraction of sp³-hybridized carbons (Fsp3) is 0.562. The van der Waals surface area contributed by atoms with Crippen LogP contribution in [0.1, 0.15) is 25.7 Å². The lowest BCUT2D eigenvalue weighted by Gasteiger charge is -2.28. The number of fused-ring (bicyclic) bond motifs is 1. The Kier molecular flexibility index (Phi) is 3.79. The molecule has 23 heavy (non-hydrogen) atoms. The van der Waals surface area contributed by atoms with Crippen LogP contribution in [0.15, 0.2) is 12.3 Å². The molecule has 3 heterocycles. The maximum atomic E-state index is 10.1. The Hall–Kier alpha value is -1.91. The molecule has 2 N–H and O–H groups in total. The fourth-order valence-corrected chi connectivity index (χ4v) is 4.06. The van der Waals surface area contributed by atoms with E-state index in [0.717, 1.165) is 54.1 Å². The minimum Gasteiger partial charge on any atom is -0.373 e. The van der Waals surface area contributed by atoms with Crippen molar-refractivity contribution in [2.45, 2.75) is 31.9 Å².